The molecule has 10 heteroatoms. The highest BCUT2D eigenvalue weighted by Gasteiger charge is 2.28. The van der Waals surface area contributed by atoms with Crippen molar-refractivity contribution in [3.63, 3.8) is 0 Å². The standard InChI is InChI=1S/C22H26N6O4/c1-31-17-5-3-15(4-6-17)18(13-21(29)32-2)24-22(30)16-9-11-27(12-10-16)20-8-7-19-25-23-14-28(19)26-20/h3-8,14,16,18H,9-13H2,1-2H3,(H,24,30). The van der Waals surface area contributed by atoms with Crippen LogP contribution >= 0.6 is 0 Å². The molecule has 10 nitrogen and oxygen atoms in total. The van der Waals surface area contributed by atoms with E-state index in [1.165, 1.54) is 7.11 Å². The van der Waals surface area contributed by atoms with Crippen LogP contribution in [0.25, 0.3) is 5.65 Å². The lowest BCUT2D eigenvalue weighted by atomic mass is 9.94. The van der Waals surface area contributed by atoms with Crippen LogP contribution in [0, 0.1) is 5.92 Å². The molecular weight excluding hydrogens is 412 g/mol. The summed E-state index contributed by atoms with van der Waals surface area (Å²) in [5.74, 6) is 0.969. The number of methoxy groups -OCH3 is 2. The Morgan fingerprint density at radius 1 is 1.12 bits per heavy atom. The summed E-state index contributed by atoms with van der Waals surface area (Å²) in [4.78, 5) is 27.1. The fraction of sp³-hybridized carbons (Fsp3) is 0.409. The van der Waals surface area contributed by atoms with Gasteiger partial charge >= 0.3 is 5.97 Å². The molecule has 1 N–H and O–H groups in total. The molecular formula is C22H26N6O4. The number of aromatic nitrogens is 4. The molecule has 1 saturated heterocycles. The molecule has 1 aliphatic heterocycles. The third-order valence-electron chi connectivity index (χ3n) is 5.77. The van der Waals surface area contributed by atoms with E-state index < -0.39 is 6.04 Å². The van der Waals surface area contributed by atoms with Gasteiger partial charge in [-0.05, 0) is 42.7 Å². The predicted molar refractivity (Wildman–Crippen MR) is 116 cm³/mol. The number of carbonyl (C=O) groups is 2. The molecule has 1 aromatic carbocycles. The molecule has 3 aromatic rings. The number of piperidine rings is 1. The lowest BCUT2D eigenvalue weighted by Gasteiger charge is -2.32. The Balaban J connectivity index is 1.39. The lowest BCUT2D eigenvalue weighted by molar-refractivity contribution is -0.141. The maximum absolute atomic E-state index is 13.0. The van der Waals surface area contributed by atoms with E-state index in [-0.39, 0.29) is 24.2 Å². The predicted octanol–water partition coefficient (Wildman–Crippen LogP) is 1.77. The number of esters is 1. The van der Waals surface area contributed by atoms with Gasteiger partial charge in [-0.3, -0.25) is 9.59 Å². The second-order valence-electron chi connectivity index (χ2n) is 7.70. The lowest BCUT2D eigenvalue weighted by Crippen LogP contribution is -2.42. The highest BCUT2D eigenvalue weighted by molar-refractivity contribution is 5.80. The van der Waals surface area contributed by atoms with Gasteiger partial charge in [-0.15, -0.1) is 15.3 Å². The number of carbonyl (C=O) groups excluding carboxylic acids is 2. The maximum atomic E-state index is 13.0. The second kappa shape index (κ2) is 9.63. The van der Waals surface area contributed by atoms with Crippen molar-refractivity contribution in [2.75, 3.05) is 32.2 Å². The van der Waals surface area contributed by atoms with E-state index in [9.17, 15) is 9.59 Å². The summed E-state index contributed by atoms with van der Waals surface area (Å²) in [5, 5.41) is 15.4. The number of ether oxygens (including phenoxy) is 2. The van der Waals surface area contributed by atoms with Crippen LogP contribution in [0.4, 0.5) is 5.82 Å². The molecule has 0 spiro atoms. The summed E-state index contributed by atoms with van der Waals surface area (Å²) in [6, 6.07) is 10.6. The van der Waals surface area contributed by atoms with Gasteiger partial charge in [0.2, 0.25) is 5.91 Å². The molecule has 0 bridgehead atoms. The van der Waals surface area contributed by atoms with E-state index in [1.54, 1.807) is 18.0 Å². The van der Waals surface area contributed by atoms with Gasteiger partial charge < -0.3 is 19.7 Å². The van der Waals surface area contributed by atoms with Gasteiger partial charge in [0.25, 0.3) is 0 Å². The minimum Gasteiger partial charge on any atom is -0.497 e. The molecule has 1 unspecified atom stereocenters. The Morgan fingerprint density at radius 2 is 1.88 bits per heavy atom. The fourth-order valence-electron chi connectivity index (χ4n) is 3.89. The summed E-state index contributed by atoms with van der Waals surface area (Å²) in [6.07, 6.45) is 3.03. The number of nitrogens with one attached hydrogen (secondary N) is 1. The average Bonchev–Trinajstić information content (AvgIpc) is 3.31. The third kappa shape index (κ3) is 4.79. The van der Waals surface area contributed by atoms with E-state index in [4.69, 9.17) is 9.47 Å². The van der Waals surface area contributed by atoms with Crippen molar-refractivity contribution in [3.05, 3.63) is 48.3 Å². The largest absolute Gasteiger partial charge is 0.497 e. The number of anilines is 1. The summed E-state index contributed by atoms with van der Waals surface area (Å²) < 4.78 is 11.7. The Morgan fingerprint density at radius 3 is 2.56 bits per heavy atom. The van der Waals surface area contributed by atoms with E-state index in [0.29, 0.717) is 37.3 Å². The van der Waals surface area contributed by atoms with E-state index >= 15 is 0 Å². The quantitative estimate of drug-likeness (QED) is 0.556. The van der Waals surface area contributed by atoms with Crippen molar-refractivity contribution in [2.45, 2.75) is 25.3 Å². The number of rotatable bonds is 7. The molecule has 0 aliphatic carbocycles. The van der Waals surface area contributed by atoms with Crippen molar-refractivity contribution < 1.29 is 19.1 Å². The van der Waals surface area contributed by atoms with Crippen molar-refractivity contribution in [3.8, 4) is 5.75 Å². The number of fused-ring (bicyclic) bond motifs is 1. The molecule has 3 heterocycles. The minimum absolute atomic E-state index is 0.0587. The summed E-state index contributed by atoms with van der Waals surface area (Å²) in [6.45, 7) is 1.42. The van der Waals surface area contributed by atoms with Gasteiger partial charge in [-0.25, -0.2) is 0 Å². The first-order chi connectivity index (χ1) is 15.6. The highest BCUT2D eigenvalue weighted by atomic mass is 16.5. The second-order valence-corrected chi connectivity index (χ2v) is 7.70. The average molecular weight is 438 g/mol. The SMILES string of the molecule is COC(=O)CC(NC(=O)C1CCN(c2ccc3nncn3n2)CC1)c1ccc(OC)cc1. The molecule has 0 saturated carbocycles. The van der Waals surface area contributed by atoms with E-state index in [1.807, 2.05) is 36.4 Å². The Kier molecular flexibility index (Phi) is 6.48. The molecule has 32 heavy (non-hydrogen) atoms. The van der Waals surface area contributed by atoms with Crippen LogP contribution in [0.1, 0.15) is 30.9 Å². The zero-order valence-corrected chi connectivity index (χ0v) is 18.1. The van der Waals surface area contributed by atoms with Crippen LogP contribution in [0.15, 0.2) is 42.7 Å². The molecule has 1 fully saturated rings. The minimum atomic E-state index is -0.461. The Labute approximate surface area is 185 Å². The molecule has 168 valence electrons. The van der Waals surface area contributed by atoms with Gasteiger partial charge in [-0.1, -0.05) is 12.1 Å². The van der Waals surface area contributed by atoms with Crippen LogP contribution in [0.5, 0.6) is 5.75 Å². The number of hydrogen-bond acceptors (Lipinski definition) is 8. The van der Waals surface area contributed by atoms with Gasteiger partial charge in [-0.2, -0.15) is 4.52 Å². The summed E-state index contributed by atoms with van der Waals surface area (Å²) in [5.41, 5.74) is 1.52. The van der Waals surface area contributed by atoms with Crippen LogP contribution < -0.4 is 15.0 Å². The third-order valence-corrected chi connectivity index (χ3v) is 5.77. The monoisotopic (exact) mass is 438 g/mol. The molecule has 1 amide bonds. The number of benzene rings is 1. The molecule has 0 radical (unpaired) electrons. The first-order valence-electron chi connectivity index (χ1n) is 10.5. The molecule has 2 aromatic heterocycles. The van der Waals surface area contributed by atoms with E-state index in [0.717, 1.165) is 11.4 Å². The summed E-state index contributed by atoms with van der Waals surface area (Å²) in [7, 11) is 2.94. The Hall–Kier alpha value is -3.69. The van der Waals surface area contributed by atoms with Gasteiger partial charge in [0.15, 0.2) is 5.65 Å². The number of hydrogen-bond donors (Lipinski definition) is 1. The van der Waals surface area contributed by atoms with Crippen molar-refractivity contribution in [1.29, 1.82) is 0 Å². The summed E-state index contributed by atoms with van der Waals surface area (Å²) >= 11 is 0. The van der Waals surface area contributed by atoms with Gasteiger partial charge in [0.1, 0.15) is 17.9 Å². The van der Waals surface area contributed by atoms with E-state index in [2.05, 4.69) is 25.5 Å². The van der Waals surface area contributed by atoms with Crippen LogP contribution in [-0.4, -0.2) is 59.0 Å². The molecule has 1 aliphatic rings. The fourth-order valence-corrected chi connectivity index (χ4v) is 3.89. The van der Waals surface area contributed by atoms with Crippen LogP contribution in [0.3, 0.4) is 0 Å². The van der Waals surface area contributed by atoms with Crippen molar-refractivity contribution in [1.82, 2.24) is 25.1 Å². The Bertz CT molecular complexity index is 1080. The zero-order valence-electron chi connectivity index (χ0n) is 18.1. The molecule has 1 atom stereocenters. The topological polar surface area (TPSA) is 111 Å². The molecule has 4 rings (SSSR count). The van der Waals surface area contributed by atoms with Crippen LogP contribution in [0.2, 0.25) is 0 Å². The zero-order chi connectivity index (χ0) is 22.5. The first-order valence-corrected chi connectivity index (χ1v) is 10.5. The van der Waals surface area contributed by atoms with Crippen LogP contribution in [-0.2, 0) is 14.3 Å². The number of amides is 1. The first kappa shape index (κ1) is 21.5. The highest BCUT2D eigenvalue weighted by Crippen LogP contribution is 2.25. The maximum Gasteiger partial charge on any atom is 0.307 e. The number of nitrogens with zero attached hydrogens (tertiary/aromatic N) is 5. The van der Waals surface area contributed by atoms with Gasteiger partial charge in [0.05, 0.1) is 26.7 Å². The smallest absolute Gasteiger partial charge is 0.307 e. The van der Waals surface area contributed by atoms with Gasteiger partial charge in [0, 0.05) is 19.0 Å². The normalized spacial score (nSPS) is 15.4. The van der Waals surface area contributed by atoms with Crippen molar-refractivity contribution in [2.24, 2.45) is 5.92 Å². The van der Waals surface area contributed by atoms with Crippen molar-refractivity contribution >= 4 is 23.3 Å².